The molecule has 138 valence electrons. The highest BCUT2D eigenvalue weighted by molar-refractivity contribution is 8.00. The van der Waals surface area contributed by atoms with Crippen molar-refractivity contribution in [3.8, 4) is 6.07 Å². The topological polar surface area (TPSA) is 73.2 Å². The van der Waals surface area contributed by atoms with E-state index in [1.807, 2.05) is 37.3 Å². The van der Waals surface area contributed by atoms with Crippen LogP contribution in [-0.2, 0) is 9.59 Å². The van der Waals surface area contributed by atoms with Gasteiger partial charge in [-0.3, -0.25) is 9.59 Å². The molecular weight excluding hydrogens is 378 g/mol. The van der Waals surface area contributed by atoms with Crippen LogP contribution in [0.3, 0.4) is 0 Å². The van der Waals surface area contributed by atoms with Crippen LogP contribution in [0.2, 0.25) is 0 Å². The first kappa shape index (κ1) is 19.3. The third-order valence-corrected chi connectivity index (χ3v) is 6.18. The standard InChI is InChI=1S/C20H19N3O2S2/c1-14-2-8-17(9-3-14)27-12-19(24)23-13-26-11-18(23)20(25)22-16-6-4-15(10-21)5-7-16/h2-9,18H,11-13H2,1H3,(H,22,25). The van der Waals surface area contributed by atoms with Crippen molar-refractivity contribution in [1.29, 1.82) is 5.26 Å². The third-order valence-electron chi connectivity index (χ3n) is 4.17. The first-order valence-corrected chi connectivity index (χ1v) is 10.6. The highest BCUT2D eigenvalue weighted by Crippen LogP contribution is 2.25. The Bertz CT molecular complexity index is 860. The number of anilines is 1. The van der Waals surface area contributed by atoms with Crippen molar-refractivity contribution >= 4 is 41.0 Å². The molecule has 1 aliphatic rings. The quantitative estimate of drug-likeness (QED) is 0.782. The molecule has 27 heavy (non-hydrogen) atoms. The minimum Gasteiger partial charge on any atom is -0.324 e. The second-order valence-electron chi connectivity index (χ2n) is 6.16. The number of carbonyl (C=O) groups excluding carboxylic acids is 2. The van der Waals surface area contributed by atoms with Crippen molar-refractivity contribution in [3.63, 3.8) is 0 Å². The van der Waals surface area contributed by atoms with Gasteiger partial charge in [-0.05, 0) is 43.3 Å². The SMILES string of the molecule is Cc1ccc(SCC(=O)N2CSCC2C(=O)Nc2ccc(C#N)cc2)cc1. The van der Waals surface area contributed by atoms with Gasteiger partial charge in [-0.15, -0.1) is 23.5 Å². The molecule has 1 atom stereocenters. The minimum absolute atomic E-state index is 0.0365. The molecule has 0 bridgehead atoms. The van der Waals surface area contributed by atoms with E-state index in [0.717, 1.165) is 4.90 Å². The van der Waals surface area contributed by atoms with Crippen LogP contribution < -0.4 is 5.32 Å². The highest BCUT2D eigenvalue weighted by atomic mass is 32.2. The smallest absolute Gasteiger partial charge is 0.248 e. The molecule has 1 saturated heterocycles. The van der Waals surface area contributed by atoms with Crippen molar-refractivity contribution in [2.75, 3.05) is 22.7 Å². The Balaban J connectivity index is 1.58. The van der Waals surface area contributed by atoms with Gasteiger partial charge in [0.05, 0.1) is 23.3 Å². The molecule has 0 aromatic heterocycles. The molecule has 7 heteroatoms. The number of aryl methyl sites for hydroxylation is 1. The molecule has 1 aliphatic heterocycles. The summed E-state index contributed by atoms with van der Waals surface area (Å²) in [6, 6.07) is 16.3. The molecule has 1 heterocycles. The van der Waals surface area contributed by atoms with E-state index in [-0.39, 0.29) is 11.8 Å². The van der Waals surface area contributed by atoms with E-state index < -0.39 is 6.04 Å². The van der Waals surface area contributed by atoms with Gasteiger partial charge in [0.15, 0.2) is 0 Å². The maximum atomic E-state index is 12.6. The van der Waals surface area contributed by atoms with Crippen LogP contribution >= 0.6 is 23.5 Å². The van der Waals surface area contributed by atoms with Gasteiger partial charge in [0.2, 0.25) is 11.8 Å². The Morgan fingerprint density at radius 1 is 1.22 bits per heavy atom. The molecule has 2 aromatic carbocycles. The monoisotopic (exact) mass is 397 g/mol. The van der Waals surface area contributed by atoms with E-state index in [1.54, 1.807) is 40.9 Å². The lowest BCUT2D eigenvalue weighted by Crippen LogP contribution is -2.45. The zero-order valence-corrected chi connectivity index (χ0v) is 16.5. The van der Waals surface area contributed by atoms with Crippen LogP contribution in [0.15, 0.2) is 53.4 Å². The summed E-state index contributed by atoms with van der Waals surface area (Å²) in [6.07, 6.45) is 0. The lowest BCUT2D eigenvalue weighted by molar-refractivity contribution is -0.134. The molecule has 0 radical (unpaired) electrons. The van der Waals surface area contributed by atoms with Crippen LogP contribution in [0.1, 0.15) is 11.1 Å². The highest BCUT2D eigenvalue weighted by Gasteiger charge is 2.34. The van der Waals surface area contributed by atoms with Crippen LogP contribution in [0, 0.1) is 18.3 Å². The Morgan fingerprint density at radius 2 is 1.93 bits per heavy atom. The third kappa shape index (κ3) is 5.06. The van der Waals surface area contributed by atoms with Gasteiger partial charge in [0.25, 0.3) is 0 Å². The molecule has 5 nitrogen and oxygen atoms in total. The van der Waals surface area contributed by atoms with E-state index in [0.29, 0.717) is 28.6 Å². The summed E-state index contributed by atoms with van der Waals surface area (Å²) >= 11 is 3.06. The summed E-state index contributed by atoms with van der Waals surface area (Å²) in [4.78, 5) is 27.9. The van der Waals surface area contributed by atoms with Gasteiger partial charge in [0, 0.05) is 16.3 Å². The normalized spacial score (nSPS) is 16.0. The zero-order valence-electron chi connectivity index (χ0n) is 14.8. The number of thioether (sulfide) groups is 2. The van der Waals surface area contributed by atoms with Crippen molar-refractivity contribution in [3.05, 3.63) is 59.7 Å². The van der Waals surface area contributed by atoms with E-state index >= 15 is 0 Å². The van der Waals surface area contributed by atoms with Gasteiger partial charge in [-0.1, -0.05) is 17.7 Å². The molecule has 0 saturated carbocycles. The van der Waals surface area contributed by atoms with Gasteiger partial charge in [-0.2, -0.15) is 5.26 Å². The number of nitriles is 1. The predicted molar refractivity (Wildman–Crippen MR) is 110 cm³/mol. The Hall–Kier alpha value is -2.43. The van der Waals surface area contributed by atoms with Gasteiger partial charge in [0.1, 0.15) is 6.04 Å². The number of hydrogen-bond acceptors (Lipinski definition) is 5. The lowest BCUT2D eigenvalue weighted by Gasteiger charge is -2.23. The summed E-state index contributed by atoms with van der Waals surface area (Å²) < 4.78 is 0. The second kappa shape index (κ2) is 8.98. The van der Waals surface area contributed by atoms with Gasteiger partial charge < -0.3 is 10.2 Å². The number of rotatable bonds is 5. The number of hydrogen-bond donors (Lipinski definition) is 1. The van der Waals surface area contributed by atoms with Crippen LogP contribution in [0.25, 0.3) is 0 Å². The second-order valence-corrected chi connectivity index (χ2v) is 8.21. The molecule has 1 N–H and O–H groups in total. The molecule has 2 aromatic rings. The number of amides is 2. The summed E-state index contributed by atoms with van der Waals surface area (Å²) in [5, 5.41) is 11.7. The Labute approximate surface area is 167 Å². The largest absolute Gasteiger partial charge is 0.324 e. The zero-order chi connectivity index (χ0) is 19.2. The van der Waals surface area contributed by atoms with Crippen molar-refractivity contribution in [2.45, 2.75) is 17.9 Å². The van der Waals surface area contributed by atoms with Crippen LogP contribution in [0.5, 0.6) is 0 Å². The summed E-state index contributed by atoms with van der Waals surface area (Å²) in [6.45, 7) is 2.03. The van der Waals surface area contributed by atoms with Gasteiger partial charge in [-0.25, -0.2) is 0 Å². The fourth-order valence-corrected chi connectivity index (χ4v) is 4.59. The fraction of sp³-hybridized carbons (Fsp3) is 0.250. The molecule has 3 rings (SSSR count). The Morgan fingerprint density at radius 3 is 2.59 bits per heavy atom. The lowest BCUT2D eigenvalue weighted by atomic mass is 10.2. The van der Waals surface area contributed by atoms with Crippen molar-refractivity contribution < 1.29 is 9.59 Å². The first-order chi connectivity index (χ1) is 13.1. The molecule has 0 spiro atoms. The number of benzene rings is 2. The number of nitrogens with zero attached hydrogens (tertiary/aromatic N) is 2. The number of nitrogens with one attached hydrogen (secondary N) is 1. The average molecular weight is 398 g/mol. The number of carbonyl (C=O) groups is 2. The molecule has 0 aliphatic carbocycles. The predicted octanol–water partition coefficient (Wildman–Crippen LogP) is 3.50. The maximum Gasteiger partial charge on any atom is 0.248 e. The molecule has 2 amide bonds. The summed E-state index contributed by atoms with van der Waals surface area (Å²) in [7, 11) is 0. The molecule has 1 fully saturated rings. The van der Waals surface area contributed by atoms with Crippen LogP contribution in [-0.4, -0.2) is 40.1 Å². The average Bonchev–Trinajstić information content (AvgIpc) is 3.18. The minimum atomic E-state index is -0.475. The molecule has 1 unspecified atom stereocenters. The summed E-state index contributed by atoms with van der Waals surface area (Å²) in [5.41, 5.74) is 2.34. The molecular formula is C20H19N3O2S2. The van der Waals surface area contributed by atoms with E-state index in [1.165, 1.54) is 17.3 Å². The van der Waals surface area contributed by atoms with Crippen molar-refractivity contribution in [2.24, 2.45) is 0 Å². The maximum absolute atomic E-state index is 12.6. The summed E-state index contributed by atoms with van der Waals surface area (Å²) in [5.74, 6) is 1.19. The van der Waals surface area contributed by atoms with Crippen molar-refractivity contribution in [1.82, 2.24) is 4.90 Å². The van der Waals surface area contributed by atoms with E-state index in [9.17, 15) is 9.59 Å². The van der Waals surface area contributed by atoms with Gasteiger partial charge >= 0.3 is 0 Å². The Kier molecular flexibility index (Phi) is 6.43. The van der Waals surface area contributed by atoms with Crippen LogP contribution in [0.4, 0.5) is 5.69 Å². The van der Waals surface area contributed by atoms with E-state index in [4.69, 9.17) is 5.26 Å². The first-order valence-electron chi connectivity index (χ1n) is 8.44. The van der Waals surface area contributed by atoms with E-state index in [2.05, 4.69) is 5.32 Å². The fourth-order valence-electron chi connectivity index (χ4n) is 2.62.